The van der Waals surface area contributed by atoms with Gasteiger partial charge in [0.2, 0.25) is 0 Å². The molecule has 3 heteroatoms. The zero-order valence-electron chi connectivity index (χ0n) is 8.28. The first-order chi connectivity index (χ1) is 6.01. The molecule has 0 aliphatic carbocycles. The Bertz CT molecular complexity index is 329. The summed E-state index contributed by atoms with van der Waals surface area (Å²) in [6.45, 7) is 3.66. The van der Waals surface area contributed by atoms with Crippen LogP contribution in [0.1, 0.15) is 5.56 Å². The van der Waals surface area contributed by atoms with Crippen molar-refractivity contribution in [3.05, 3.63) is 29.8 Å². The van der Waals surface area contributed by atoms with Crippen molar-refractivity contribution in [2.75, 3.05) is 19.6 Å². The monoisotopic (exact) mass is 214 g/mol. The van der Waals surface area contributed by atoms with Gasteiger partial charge < -0.3 is 4.57 Å². The number of benzene rings is 1. The van der Waals surface area contributed by atoms with E-state index in [1.165, 1.54) is 10.5 Å². The van der Waals surface area contributed by atoms with Gasteiger partial charge in [0.25, 0.3) is 0 Å². The first-order valence-corrected chi connectivity index (χ1v) is 8.19. The van der Waals surface area contributed by atoms with Crippen molar-refractivity contribution in [1.82, 2.24) is 0 Å². The Labute approximate surface area is 84.3 Å². The molecular weight excluding hydrogens is 199 g/mol. The van der Waals surface area contributed by atoms with Gasteiger partial charge in [0.05, 0.1) is 7.14 Å². The maximum absolute atomic E-state index is 11.6. The lowest BCUT2D eigenvalue weighted by Crippen LogP contribution is -1.85. The quantitative estimate of drug-likeness (QED) is 0.565. The summed E-state index contributed by atoms with van der Waals surface area (Å²) in [6.07, 6.45) is 2.76. The van der Waals surface area contributed by atoms with Gasteiger partial charge in [-0.05, 0) is 37.3 Å². The summed E-state index contributed by atoms with van der Waals surface area (Å²) in [5.74, 6) is 0. The Morgan fingerprint density at radius 1 is 1.38 bits per heavy atom. The van der Waals surface area contributed by atoms with Crippen molar-refractivity contribution in [2.24, 2.45) is 0 Å². The number of hydrogen-bond acceptors (Lipinski definition) is 2. The number of rotatable bonds is 3. The molecule has 0 radical (unpaired) electrons. The van der Waals surface area contributed by atoms with E-state index in [1.807, 2.05) is 25.5 Å². The Morgan fingerprint density at radius 2 is 2.08 bits per heavy atom. The van der Waals surface area contributed by atoms with Crippen molar-refractivity contribution in [1.29, 1.82) is 0 Å². The zero-order chi connectivity index (χ0) is 9.90. The molecule has 0 bridgehead atoms. The summed E-state index contributed by atoms with van der Waals surface area (Å²) >= 11 is 1.72. The summed E-state index contributed by atoms with van der Waals surface area (Å²) in [4.78, 5) is 1.24. The molecule has 0 N–H and O–H groups in total. The van der Waals surface area contributed by atoms with Crippen molar-refractivity contribution < 1.29 is 4.57 Å². The second-order valence-electron chi connectivity index (χ2n) is 3.58. The molecule has 1 aromatic rings. The van der Waals surface area contributed by atoms with Crippen LogP contribution in [0.4, 0.5) is 0 Å². The third-order valence-electron chi connectivity index (χ3n) is 1.70. The Hall–Kier alpha value is -0.200. The third-order valence-corrected chi connectivity index (χ3v) is 3.55. The van der Waals surface area contributed by atoms with Crippen LogP contribution in [0.2, 0.25) is 0 Å². The van der Waals surface area contributed by atoms with E-state index in [9.17, 15) is 4.57 Å². The fourth-order valence-electron chi connectivity index (χ4n) is 1.21. The average molecular weight is 214 g/mol. The van der Waals surface area contributed by atoms with Gasteiger partial charge >= 0.3 is 0 Å². The Balaban J connectivity index is 2.84. The smallest absolute Gasteiger partial charge is 0.0861 e. The molecule has 1 aromatic carbocycles. The van der Waals surface area contributed by atoms with Gasteiger partial charge in [-0.25, -0.2) is 0 Å². The Kier molecular flexibility index (Phi) is 3.63. The van der Waals surface area contributed by atoms with Crippen LogP contribution in [0.3, 0.4) is 0 Å². The van der Waals surface area contributed by atoms with E-state index in [0.717, 1.165) is 0 Å². The van der Waals surface area contributed by atoms with E-state index >= 15 is 0 Å². The fourth-order valence-corrected chi connectivity index (χ4v) is 2.77. The molecule has 0 unspecified atom stereocenters. The van der Waals surface area contributed by atoms with Crippen LogP contribution in [0, 0.1) is 0 Å². The van der Waals surface area contributed by atoms with E-state index in [2.05, 4.69) is 18.4 Å². The number of hydrogen-bond donors (Lipinski definition) is 0. The molecule has 0 atom stereocenters. The first kappa shape index (κ1) is 10.9. The standard InChI is InChI=1S/C10H15OPS/c1-12(2,11)8-9-5-4-6-10(7-9)13-3/h4-7H,8H2,1-3H3. The van der Waals surface area contributed by atoms with Crippen molar-refractivity contribution in [3.8, 4) is 0 Å². The maximum atomic E-state index is 11.6. The zero-order valence-corrected chi connectivity index (χ0v) is 9.99. The van der Waals surface area contributed by atoms with E-state index in [-0.39, 0.29) is 0 Å². The van der Waals surface area contributed by atoms with Crippen LogP contribution in [0.25, 0.3) is 0 Å². The van der Waals surface area contributed by atoms with E-state index < -0.39 is 7.14 Å². The molecule has 0 heterocycles. The lowest BCUT2D eigenvalue weighted by Gasteiger charge is -2.07. The highest BCUT2D eigenvalue weighted by Gasteiger charge is 2.08. The Morgan fingerprint density at radius 3 is 2.62 bits per heavy atom. The van der Waals surface area contributed by atoms with Gasteiger partial charge in [-0.15, -0.1) is 11.8 Å². The van der Waals surface area contributed by atoms with Gasteiger partial charge in [0, 0.05) is 11.1 Å². The molecular formula is C10H15OPS. The summed E-state index contributed by atoms with van der Waals surface area (Å²) in [5.41, 5.74) is 1.18. The summed E-state index contributed by atoms with van der Waals surface area (Å²) in [7, 11) is -1.93. The lowest BCUT2D eigenvalue weighted by molar-refractivity contribution is 0.582. The molecule has 72 valence electrons. The van der Waals surface area contributed by atoms with Crippen LogP contribution in [-0.2, 0) is 10.7 Å². The average Bonchev–Trinajstić information content (AvgIpc) is 2.01. The maximum Gasteiger partial charge on any atom is 0.0861 e. The summed E-state index contributed by atoms with van der Waals surface area (Å²) in [6, 6.07) is 8.25. The molecule has 0 aromatic heterocycles. The van der Waals surface area contributed by atoms with Crippen LogP contribution >= 0.6 is 18.9 Å². The van der Waals surface area contributed by atoms with Crippen molar-refractivity contribution in [3.63, 3.8) is 0 Å². The number of thioether (sulfide) groups is 1. The van der Waals surface area contributed by atoms with Gasteiger partial charge in [0.15, 0.2) is 0 Å². The molecule has 0 aliphatic rings. The predicted octanol–water partition coefficient (Wildman–Crippen LogP) is 3.53. The van der Waals surface area contributed by atoms with E-state index in [1.54, 1.807) is 11.8 Å². The topological polar surface area (TPSA) is 17.1 Å². The van der Waals surface area contributed by atoms with Crippen molar-refractivity contribution >= 4 is 18.9 Å². The molecule has 0 saturated heterocycles. The third kappa shape index (κ3) is 4.02. The summed E-state index contributed by atoms with van der Waals surface area (Å²) < 4.78 is 11.6. The van der Waals surface area contributed by atoms with E-state index in [4.69, 9.17) is 0 Å². The second kappa shape index (κ2) is 4.34. The molecule has 0 aliphatic heterocycles. The molecule has 1 nitrogen and oxygen atoms in total. The summed E-state index contributed by atoms with van der Waals surface area (Å²) in [5, 5.41) is 0. The first-order valence-electron chi connectivity index (χ1n) is 4.18. The van der Waals surface area contributed by atoms with Crippen LogP contribution in [-0.4, -0.2) is 19.6 Å². The van der Waals surface area contributed by atoms with Crippen LogP contribution in [0.5, 0.6) is 0 Å². The lowest BCUT2D eigenvalue weighted by atomic mass is 10.2. The highest BCUT2D eigenvalue weighted by atomic mass is 32.2. The van der Waals surface area contributed by atoms with Crippen LogP contribution < -0.4 is 0 Å². The van der Waals surface area contributed by atoms with Crippen molar-refractivity contribution in [2.45, 2.75) is 11.1 Å². The minimum Gasteiger partial charge on any atom is -0.324 e. The van der Waals surface area contributed by atoms with Gasteiger partial charge in [-0.3, -0.25) is 0 Å². The molecule has 0 spiro atoms. The molecule has 0 fully saturated rings. The van der Waals surface area contributed by atoms with Gasteiger partial charge in [-0.1, -0.05) is 12.1 Å². The van der Waals surface area contributed by atoms with Crippen LogP contribution in [0.15, 0.2) is 29.2 Å². The second-order valence-corrected chi connectivity index (χ2v) is 7.93. The minimum atomic E-state index is -1.93. The highest BCUT2D eigenvalue weighted by Crippen LogP contribution is 2.40. The fraction of sp³-hybridized carbons (Fsp3) is 0.400. The van der Waals surface area contributed by atoms with Gasteiger partial charge in [0.1, 0.15) is 0 Å². The normalized spacial score (nSPS) is 11.6. The molecule has 13 heavy (non-hydrogen) atoms. The molecule has 0 saturated carbocycles. The van der Waals surface area contributed by atoms with E-state index in [0.29, 0.717) is 6.16 Å². The SMILES string of the molecule is CSc1cccc(CP(C)(C)=O)c1. The minimum absolute atomic E-state index is 0.710. The molecule has 1 rings (SSSR count). The highest BCUT2D eigenvalue weighted by molar-refractivity contribution is 7.98. The van der Waals surface area contributed by atoms with Gasteiger partial charge in [-0.2, -0.15) is 0 Å². The predicted molar refractivity (Wildman–Crippen MR) is 61.4 cm³/mol. The largest absolute Gasteiger partial charge is 0.324 e. The molecule has 0 amide bonds.